The van der Waals surface area contributed by atoms with E-state index >= 15 is 0 Å². The lowest BCUT2D eigenvalue weighted by Crippen LogP contribution is -2.21. The second-order valence-electron chi connectivity index (χ2n) is 6.49. The van der Waals surface area contributed by atoms with Crippen molar-refractivity contribution in [2.45, 2.75) is 6.92 Å². The first-order valence-corrected chi connectivity index (χ1v) is 9.29. The minimum absolute atomic E-state index is 0.151. The predicted molar refractivity (Wildman–Crippen MR) is 108 cm³/mol. The fraction of sp³-hybridized carbons (Fsp3) is 0.158. The van der Waals surface area contributed by atoms with Gasteiger partial charge in [-0.25, -0.2) is 0 Å². The van der Waals surface area contributed by atoms with E-state index in [0.29, 0.717) is 10.4 Å². The van der Waals surface area contributed by atoms with Crippen LogP contribution in [0.1, 0.15) is 31.2 Å². The van der Waals surface area contributed by atoms with E-state index in [0.717, 1.165) is 11.3 Å². The number of nitriles is 1. The van der Waals surface area contributed by atoms with Gasteiger partial charge in [-0.2, -0.15) is 5.26 Å². The van der Waals surface area contributed by atoms with Crippen LogP contribution in [0.15, 0.2) is 28.7 Å². The van der Waals surface area contributed by atoms with Crippen molar-refractivity contribution in [1.29, 1.82) is 10.7 Å². The average Bonchev–Trinajstić information content (AvgIpc) is 3.00. The van der Waals surface area contributed by atoms with Gasteiger partial charge in [0.05, 0.1) is 15.4 Å². The molecule has 11 heteroatoms. The maximum Gasteiger partial charge on any atom is 0.270 e. The Labute approximate surface area is 173 Å². The third kappa shape index (κ3) is 3.63. The Balaban J connectivity index is 2.03. The average molecular weight is 425 g/mol. The van der Waals surface area contributed by atoms with Gasteiger partial charge in [-0.3, -0.25) is 25.1 Å². The van der Waals surface area contributed by atoms with Crippen molar-refractivity contribution in [3.05, 3.63) is 61.5 Å². The van der Waals surface area contributed by atoms with Crippen LogP contribution in [0.3, 0.4) is 0 Å². The summed E-state index contributed by atoms with van der Waals surface area (Å²) in [4.78, 5) is 37.2. The van der Waals surface area contributed by atoms with E-state index in [4.69, 9.17) is 9.83 Å². The molecule has 0 aliphatic rings. The molecule has 2 heterocycles. The van der Waals surface area contributed by atoms with Crippen LogP contribution in [0.5, 0.6) is 0 Å². The zero-order chi connectivity index (χ0) is 22.2. The fourth-order valence-corrected chi connectivity index (χ4v) is 3.90. The van der Waals surface area contributed by atoms with E-state index in [1.165, 1.54) is 29.2 Å². The third-order valence-corrected chi connectivity index (χ3v) is 5.49. The molecule has 2 amide bonds. The highest BCUT2D eigenvalue weighted by Gasteiger charge is 2.23. The fourth-order valence-electron chi connectivity index (χ4n) is 2.72. The third-order valence-electron chi connectivity index (χ3n) is 4.29. The van der Waals surface area contributed by atoms with Gasteiger partial charge in [-0.05, 0) is 24.6 Å². The number of thiophene rings is 1. The molecule has 0 atom stereocenters. The highest BCUT2D eigenvalue weighted by molar-refractivity contribution is 7.18. The highest BCUT2D eigenvalue weighted by atomic mass is 32.1. The van der Waals surface area contributed by atoms with Crippen molar-refractivity contribution in [1.82, 2.24) is 4.90 Å². The topological polar surface area (TPSA) is 153 Å². The first kappa shape index (κ1) is 20.7. The van der Waals surface area contributed by atoms with E-state index in [9.17, 15) is 25.0 Å². The zero-order valence-electron chi connectivity index (χ0n) is 16.1. The molecular weight excluding hydrogens is 410 g/mol. The summed E-state index contributed by atoms with van der Waals surface area (Å²) in [5.74, 6) is -1.04. The Hall–Kier alpha value is -4.04. The lowest BCUT2D eigenvalue weighted by atomic mass is 10.1. The Morgan fingerprint density at radius 1 is 1.33 bits per heavy atom. The first-order valence-electron chi connectivity index (χ1n) is 8.47. The van der Waals surface area contributed by atoms with E-state index in [-0.39, 0.29) is 38.7 Å². The molecule has 3 aromatic rings. The number of carbonyl (C=O) groups is 2. The summed E-state index contributed by atoms with van der Waals surface area (Å²) in [6.45, 7) is 1.61. The van der Waals surface area contributed by atoms with E-state index in [1.807, 2.05) is 6.07 Å². The summed E-state index contributed by atoms with van der Waals surface area (Å²) < 4.78 is 5.30. The second kappa shape index (κ2) is 7.76. The molecule has 3 rings (SSSR count). The van der Waals surface area contributed by atoms with Crippen molar-refractivity contribution in [2.75, 3.05) is 19.4 Å². The van der Waals surface area contributed by atoms with Crippen molar-refractivity contribution < 1.29 is 18.9 Å². The summed E-state index contributed by atoms with van der Waals surface area (Å²) in [6.07, 6.45) is 0. The van der Waals surface area contributed by atoms with Gasteiger partial charge in [0, 0.05) is 31.6 Å². The van der Waals surface area contributed by atoms with Gasteiger partial charge < -0.3 is 14.6 Å². The molecule has 0 unspecified atom stereocenters. The second-order valence-corrected chi connectivity index (χ2v) is 7.51. The lowest BCUT2D eigenvalue weighted by Gasteiger charge is -2.08. The van der Waals surface area contributed by atoms with Crippen LogP contribution >= 0.6 is 11.3 Å². The Bertz CT molecular complexity index is 1320. The van der Waals surface area contributed by atoms with Crippen LogP contribution in [0.25, 0.3) is 11.0 Å². The number of fused-ring (bicyclic) bond motifs is 1. The SMILES string of the molecule is Cc1c(C(=O)N(C)C)sc(NC(=O)c2cc3cc([N+](=O)[O-])ccc3oc2=N)c1C#N. The van der Waals surface area contributed by atoms with Gasteiger partial charge in [0.15, 0.2) is 0 Å². The molecule has 0 bridgehead atoms. The molecule has 2 aromatic heterocycles. The Morgan fingerprint density at radius 2 is 2.03 bits per heavy atom. The molecule has 1 aromatic carbocycles. The number of nitrogens with zero attached hydrogens (tertiary/aromatic N) is 3. The first-order chi connectivity index (χ1) is 14.1. The molecule has 2 N–H and O–H groups in total. The number of rotatable bonds is 4. The maximum atomic E-state index is 12.8. The number of hydrogen-bond acceptors (Lipinski definition) is 8. The summed E-state index contributed by atoms with van der Waals surface area (Å²) in [6, 6.07) is 7.11. The van der Waals surface area contributed by atoms with Crippen LogP contribution in [-0.2, 0) is 0 Å². The molecule has 0 aliphatic heterocycles. The van der Waals surface area contributed by atoms with E-state index in [2.05, 4.69) is 5.32 Å². The Morgan fingerprint density at radius 3 is 2.63 bits per heavy atom. The van der Waals surface area contributed by atoms with E-state index in [1.54, 1.807) is 21.0 Å². The number of nitro benzene ring substituents is 1. The van der Waals surface area contributed by atoms with Gasteiger partial charge in [-0.1, -0.05) is 0 Å². The monoisotopic (exact) mass is 425 g/mol. The number of benzene rings is 1. The number of nitrogens with one attached hydrogen (secondary N) is 2. The molecular formula is C19H15N5O5S. The zero-order valence-corrected chi connectivity index (χ0v) is 16.9. The smallest absolute Gasteiger partial charge is 0.270 e. The lowest BCUT2D eigenvalue weighted by molar-refractivity contribution is -0.384. The molecule has 152 valence electrons. The minimum Gasteiger partial charge on any atom is -0.438 e. The minimum atomic E-state index is -0.737. The van der Waals surface area contributed by atoms with E-state index < -0.39 is 16.4 Å². The number of non-ortho nitro benzene ring substituents is 1. The summed E-state index contributed by atoms with van der Waals surface area (Å²) in [5.41, 5.74) is 0.0171. The molecule has 0 radical (unpaired) electrons. The Kier molecular flexibility index (Phi) is 5.35. The van der Waals surface area contributed by atoms with Crippen LogP contribution in [0, 0.1) is 33.8 Å². The van der Waals surface area contributed by atoms with Crippen LogP contribution in [0.4, 0.5) is 10.7 Å². The van der Waals surface area contributed by atoms with Crippen LogP contribution in [-0.4, -0.2) is 35.7 Å². The number of nitro groups is 1. The molecule has 0 fully saturated rings. The van der Waals surface area contributed by atoms with Crippen molar-refractivity contribution in [2.24, 2.45) is 0 Å². The molecule has 0 spiro atoms. The predicted octanol–water partition coefficient (Wildman–Crippen LogP) is 3.02. The summed E-state index contributed by atoms with van der Waals surface area (Å²) in [7, 11) is 3.15. The normalized spacial score (nSPS) is 10.5. The molecule has 30 heavy (non-hydrogen) atoms. The molecule has 10 nitrogen and oxygen atoms in total. The van der Waals surface area contributed by atoms with Crippen LogP contribution in [0.2, 0.25) is 0 Å². The van der Waals surface area contributed by atoms with Gasteiger partial charge in [0.1, 0.15) is 22.2 Å². The largest absolute Gasteiger partial charge is 0.438 e. The van der Waals surface area contributed by atoms with Crippen molar-refractivity contribution in [3.8, 4) is 6.07 Å². The van der Waals surface area contributed by atoms with Crippen LogP contribution < -0.4 is 10.9 Å². The quantitative estimate of drug-likeness (QED) is 0.484. The number of hydrogen-bond donors (Lipinski definition) is 2. The summed E-state index contributed by atoms with van der Waals surface area (Å²) >= 11 is 0.959. The van der Waals surface area contributed by atoms with Gasteiger partial charge >= 0.3 is 0 Å². The molecule has 0 aliphatic carbocycles. The number of amides is 2. The van der Waals surface area contributed by atoms with Crippen molar-refractivity contribution >= 4 is 44.8 Å². The maximum absolute atomic E-state index is 12.8. The molecule has 0 saturated carbocycles. The number of carbonyl (C=O) groups excluding carboxylic acids is 2. The standard InChI is InChI=1S/C19H15N5O5S/c1-9-13(8-20)18(30-15(9)19(26)23(2)3)22-17(25)12-7-10-6-11(24(27)28)4-5-14(10)29-16(12)21/h4-7,21H,1-3H3,(H,22,25). The van der Waals surface area contributed by atoms with Gasteiger partial charge in [-0.15, -0.1) is 11.3 Å². The van der Waals surface area contributed by atoms with Crippen molar-refractivity contribution in [3.63, 3.8) is 0 Å². The van der Waals surface area contributed by atoms with Gasteiger partial charge in [0.25, 0.3) is 17.5 Å². The van der Waals surface area contributed by atoms with Gasteiger partial charge in [0.2, 0.25) is 5.55 Å². The number of anilines is 1. The molecule has 0 saturated heterocycles. The summed E-state index contributed by atoms with van der Waals surface area (Å²) in [5, 5.41) is 31.4. The highest BCUT2D eigenvalue weighted by Crippen LogP contribution is 2.33.